The lowest BCUT2D eigenvalue weighted by molar-refractivity contribution is 0.158. The van der Waals surface area contributed by atoms with Gasteiger partial charge in [0.15, 0.2) is 11.6 Å². The third kappa shape index (κ3) is 3.35. The molecule has 0 amide bonds. The van der Waals surface area contributed by atoms with Gasteiger partial charge in [0.1, 0.15) is 0 Å². The second-order valence-corrected chi connectivity index (χ2v) is 8.90. The van der Waals surface area contributed by atoms with Crippen LogP contribution in [0, 0.1) is 12.7 Å². The van der Waals surface area contributed by atoms with Gasteiger partial charge in [-0.05, 0) is 19.1 Å². The Morgan fingerprint density at radius 1 is 1.33 bits per heavy atom. The summed E-state index contributed by atoms with van der Waals surface area (Å²) in [5.74, 6) is -0.703. The van der Waals surface area contributed by atoms with Crippen LogP contribution in [0.5, 0.6) is 5.75 Å². The molecule has 6 nitrogen and oxygen atoms in total. The van der Waals surface area contributed by atoms with Crippen LogP contribution in [0.3, 0.4) is 0 Å². The Hall–Kier alpha value is -1.19. The first-order valence-electron chi connectivity index (χ1n) is 6.19. The van der Waals surface area contributed by atoms with Gasteiger partial charge in [0.25, 0.3) is 10.0 Å². The summed E-state index contributed by atoms with van der Waals surface area (Å²) < 4.78 is 64.3. The Bertz CT molecular complexity index is 754. The summed E-state index contributed by atoms with van der Waals surface area (Å²) in [5.41, 5.74) is -0.104. The zero-order chi connectivity index (χ0) is 15.7. The molecule has 0 unspecified atom stereocenters. The minimum Gasteiger partial charge on any atom is -0.494 e. The van der Waals surface area contributed by atoms with E-state index in [0.717, 1.165) is 0 Å². The van der Waals surface area contributed by atoms with Gasteiger partial charge in [0, 0.05) is 5.56 Å². The smallest absolute Gasteiger partial charge is 0.290 e. The summed E-state index contributed by atoms with van der Waals surface area (Å²) in [6.45, 7) is 1.72. The fourth-order valence-corrected chi connectivity index (χ4v) is 5.98. The normalized spacial score (nSPS) is 18.2. The molecule has 0 saturated carbocycles. The predicted octanol–water partition coefficient (Wildman–Crippen LogP) is 1.33. The standard InChI is InChI=1S/C12H16FNO5S2/c1-9-11(4-3-10(18-2)12(9)13)21(16,17)14-20(15)7-5-19-6-8-20/h3-4H,5-8H2,1-2H3. The maximum absolute atomic E-state index is 13.9. The highest BCUT2D eigenvalue weighted by atomic mass is 32.3. The molecule has 9 heteroatoms. The minimum absolute atomic E-state index is 0.0540. The third-order valence-corrected chi connectivity index (χ3v) is 7.61. The Labute approximate surface area is 123 Å². The van der Waals surface area contributed by atoms with Crippen molar-refractivity contribution in [3.63, 3.8) is 0 Å². The van der Waals surface area contributed by atoms with Crippen molar-refractivity contribution < 1.29 is 26.5 Å². The van der Waals surface area contributed by atoms with Crippen LogP contribution in [0.15, 0.2) is 20.8 Å². The number of sulfonamides is 1. The van der Waals surface area contributed by atoms with Crippen molar-refractivity contribution in [2.75, 3.05) is 31.8 Å². The monoisotopic (exact) mass is 337 g/mol. The molecule has 0 aliphatic carbocycles. The average Bonchev–Trinajstić information content (AvgIpc) is 2.41. The molecule has 0 bridgehead atoms. The highest BCUT2D eigenvalue weighted by Gasteiger charge is 2.25. The molecule has 1 heterocycles. The van der Waals surface area contributed by atoms with Gasteiger partial charge < -0.3 is 9.47 Å². The van der Waals surface area contributed by atoms with E-state index in [4.69, 9.17) is 9.47 Å². The molecule has 21 heavy (non-hydrogen) atoms. The van der Waals surface area contributed by atoms with E-state index in [-0.39, 0.29) is 40.9 Å². The summed E-state index contributed by atoms with van der Waals surface area (Å²) >= 11 is 0. The number of benzene rings is 1. The van der Waals surface area contributed by atoms with Gasteiger partial charge in [-0.1, -0.05) is 0 Å². The van der Waals surface area contributed by atoms with Gasteiger partial charge >= 0.3 is 0 Å². The molecule has 1 fully saturated rings. The molecule has 0 radical (unpaired) electrons. The maximum atomic E-state index is 13.9. The third-order valence-electron chi connectivity index (χ3n) is 3.13. The first-order chi connectivity index (χ1) is 9.79. The van der Waals surface area contributed by atoms with Gasteiger partial charge in [-0.25, -0.2) is 8.60 Å². The molecule has 0 N–H and O–H groups in total. The lowest BCUT2D eigenvalue weighted by atomic mass is 10.2. The number of nitrogens with zero attached hydrogens (tertiary/aromatic N) is 1. The Morgan fingerprint density at radius 2 is 1.95 bits per heavy atom. The number of hydrogen-bond donors (Lipinski definition) is 0. The van der Waals surface area contributed by atoms with Crippen molar-refractivity contribution in [3.05, 3.63) is 23.5 Å². The van der Waals surface area contributed by atoms with Crippen molar-refractivity contribution in [2.24, 2.45) is 3.77 Å². The second-order valence-electron chi connectivity index (χ2n) is 4.55. The van der Waals surface area contributed by atoms with Gasteiger partial charge in [-0.15, -0.1) is 3.77 Å². The molecule has 1 aromatic rings. The van der Waals surface area contributed by atoms with Gasteiger partial charge in [-0.3, -0.25) is 0 Å². The zero-order valence-corrected chi connectivity index (χ0v) is 13.3. The number of rotatable bonds is 3. The summed E-state index contributed by atoms with van der Waals surface area (Å²) in [4.78, 5) is -0.296. The van der Waals surface area contributed by atoms with Crippen molar-refractivity contribution >= 4 is 19.8 Å². The second kappa shape index (κ2) is 5.90. The lowest BCUT2D eigenvalue weighted by Gasteiger charge is -2.16. The zero-order valence-electron chi connectivity index (χ0n) is 11.7. The van der Waals surface area contributed by atoms with E-state index in [9.17, 15) is 17.0 Å². The highest BCUT2D eigenvalue weighted by molar-refractivity contribution is 8.03. The molecule has 1 aliphatic heterocycles. The van der Waals surface area contributed by atoms with Crippen LogP contribution in [0.1, 0.15) is 5.56 Å². The summed E-state index contributed by atoms with van der Waals surface area (Å²) in [6, 6.07) is 2.42. The van der Waals surface area contributed by atoms with E-state index in [1.165, 1.54) is 26.2 Å². The summed E-state index contributed by atoms with van der Waals surface area (Å²) in [7, 11) is -5.79. The largest absolute Gasteiger partial charge is 0.494 e. The van der Waals surface area contributed by atoms with Crippen LogP contribution in [0.2, 0.25) is 0 Å². The Morgan fingerprint density at radius 3 is 2.52 bits per heavy atom. The Balaban J connectivity index is 2.53. The maximum Gasteiger partial charge on any atom is 0.290 e. The van der Waals surface area contributed by atoms with Crippen LogP contribution in [0.25, 0.3) is 0 Å². The fourth-order valence-electron chi connectivity index (χ4n) is 1.96. The molecule has 2 rings (SSSR count). The van der Waals surface area contributed by atoms with E-state index >= 15 is 0 Å². The van der Waals surface area contributed by atoms with Crippen LogP contribution in [0.4, 0.5) is 4.39 Å². The molecule has 0 aromatic heterocycles. The lowest BCUT2D eigenvalue weighted by Crippen LogP contribution is -2.26. The molecular formula is C12H16FNO5S2. The van der Waals surface area contributed by atoms with E-state index in [2.05, 4.69) is 3.77 Å². The molecule has 0 atom stereocenters. The van der Waals surface area contributed by atoms with Crippen LogP contribution in [-0.4, -0.2) is 44.5 Å². The van der Waals surface area contributed by atoms with Crippen molar-refractivity contribution in [3.8, 4) is 5.75 Å². The molecule has 1 aromatic carbocycles. The van der Waals surface area contributed by atoms with Crippen LogP contribution >= 0.6 is 0 Å². The first kappa shape index (κ1) is 16.2. The number of hydrogen-bond acceptors (Lipinski definition) is 5. The quantitative estimate of drug-likeness (QED) is 0.831. The van der Waals surface area contributed by atoms with Gasteiger partial charge in [-0.2, -0.15) is 8.42 Å². The molecular weight excluding hydrogens is 321 g/mol. The number of ether oxygens (including phenoxy) is 2. The van der Waals surface area contributed by atoms with Crippen molar-refractivity contribution in [2.45, 2.75) is 11.8 Å². The molecule has 118 valence electrons. The SMILES string of the molecule is COc1ccc(S(=O)(=O)N=S2(=O)CCOCC2)c(C)c1F. The highest BCUT2D eigenvalue weighted by Crippen LogP contribution is 2.27. The summed E-state index contributed by atoms with van der Waals surface area (Å²) in [6.07, 6.45) is 0. The van der Waals surface area contributed by atoms with Crippen molar-refractivity contribution in [1.29, 1.82) is 0 Å². The molecule has 1 saturated heterocycles. The molecule has 0 spiro atoms. The van der Waals surface area contributed by atoms with Gasteiger partial charge in [0.2, 0.25) is 0 Å². The predicted molar refractivity (Wildman–Crippen MR) is 76.0 cm³/mol. The number of halogens is 1. The average molecular weight is 337 g/mol. The van der Waals surface area contributed by atoms with E-state index in [1.807, 2.05) is 0 Å². The summed E-state index contributed by atoms with van der Waals surface area (Å²) in [5, 5.41) is 0. The van der Waals surface area contributed by atoms with E-state index in [1.54, 1.807) is 0 Å². The topological polar surface area (TPSA) is 82.0 Å². The fraction of sp³-hybridized carbons (Fsp3) is 0.500. The van der Waals surface area contributed by atoms with Crippen LogP contribution in [-0.2, 0) is 24.5 Å². The number of methoxy groups -OCH3 is 1. The first-order valence-corrected chi connectivity index (χ1v) is 9.48. The van der Waals surface area contributed by atoms with Crippen molar-refractivity contribution in [1.82, 2.24) is 0 Å². The van der Waals surface area contributed by atoms with Crippen LogP contribution < -0.4 is 4.74 Å². The molecule has 1 aliphatic rings. The van der Waals surface area contributed by atoms with E-state index < -0.39 is 25.6 Å². The minimum atomic E-state index is -4.20. The van der Waals surface area contributed by atoms with E-state index in [0.29, 0.717) is 0 Å². The van der Waals surface area contributed by atoms with Gasteiger partial charge in [0.05, 0.1) is 46.5 Å². The Kier molecular flexibility index (Phi) is 4.54.